The fraction of sp³-hybridized carbons (Fsp3) is 0.133. The molecule has 0 bridgehead atoms. The number of aliphatic hydroxyl groups excluding tert-OH is 1. The van der Waals surface area contributed by atoms with Crippen LogP contribution < -0.4 is 5.32 Å². The molecule has 0 unspecified atom stereocenters. The van der Waals surface area contributed by atoms with Gasteiger partial charge in [-0.1, -0.05) is 18.2 Å². The Hall–Kier alpha value is -1.65. The molecular formula is C15H14BrNO2. The van der Waals surface area contributed by atoms with E-state index in [1.807, 2.05) is 19.1 Å². The molecule has 98 valence electrons. The standard InChI is InChI=1S/C15H14BrNO2/c1-10-2-7-13(14(16)8-10)15(19)17-12-5-3-11(9-18)4-6-12/h2-8,18H,9H2,1H3,(H,17,19). The molecule has 0 radical (unpaired) electrons. The third kappa shape index (κ3) is 3.43. The van der Waals surface area contributed by atoms with Crippen LogP contribution in [0.15, 0.2) is 46.9 Å². The molecule has 2 aromatic carbocycles. The molecule has 19 heavy (non-hydrogen) atoms. The van der Waals surface area contributed by atoms with Crippen LogP contribution in [0.1, 0.15) is 21.5 Å². The van der Waals surface area contributed by atoms with Crippen LogP contribution in [0.25, 0.3) is 0 Å². The Bertz CT molecular complexity index is 594. The van der Waals surface area contributed by atoms with Crippen LogP contribution in [0.3, 0.4) is 0 Å². The van der Waals surface area contributed by atoms with Crippen molar-refractivity contribution in [3.8, 4) is 0 Å². The molecule has 2 N–H and O–H groups in total. The number of amides is 1. The van der Waals surface area contributed by atoms with E-state index >= 15 is 0 Å². The summed E-state index contributed by atoms with van der Waals surface area (Å²) in [5.41, 5.74) is 3.21. The van der Waals surface area contributed by atoms with Crippen LogP contribution in [0, 0.1) is 6.92 Å². The monoisotopic (exact) mass is 319 g/mol. The van der Waals surface area contributed by atoms with Gasteiger partial charge in [-0.25, -0.2) is 0 Å². The summed E-state index contributed by atoms with van der Waals surface area (Å²) in [5, 5.41) is 11.8. The second-order valence-electron chi connectivity index (χ2n) is 4.29. The molecule has 0 aliphatic rings. The van der Waals surface area contributed by atoms with E-state index < -0.39 is 0 Å². The normalized spacial score (nSPS) is 10.3. The van der Waals surface area contributed by atoms with E-state index in [0.29, 0.717) is 11.3 Å². The van der Waals surface area contributed by atoms with Gasteiger partial charge in [0.25, 0.3) is 5.91 Å². The number of benzene rings is 2. The summed E-state index contributed by atoms with van der Waals surface area (Å²) in [6.07, 6.45) is 0. The van der Waals surface area contributed by atoms with Gasteiger partial charge in [0.1, 0.15) is 0 Å². The zero-order valence-electron chi connectivity index (χ0n) is 10.5. The first kappa shape index (κ1) is 13.8. The molecular weight excluding hydrogens is 306 g/mol. The highest BCUT2D eigenvalue weighted by molar-refractivity contribution is 9.10. The molecule has 2 rings (SSSR count). The number of carbonyl (C=O) groups is 1. The summed E-state index contributed by atoms with van der Waals surface area (Å²) >= 11 is 3.39. The first-order chi connectivity index (χ1) is 9.10. The van der Waals surface area contributed by atoms with Crippen LogP contribution in [0.5, 0.6) is 0 Å². The molecule has 0 aliphatic heterocycles. The molecule has 1 amide bonds. The Labute approximate surface area is 120 Å². The van der Waals surface area contributed by atoms with Crippen molar-refractivity contribution in [1.82, 2.24) is 0 Å². The number of nitrogens with one attached hydrogen (secondary N) is 1. The molecule has 3 nitrogen and oxygen atoms in total. The molecule has 0 saturated heterocycles. The number of carbonyl (C=O) groups excluding carboxylic acids is 1. The second kappa shape index (κ2) is 5.99. The molecule has 0 atom stereocenters. The van der Waals surface area contributed by atoms with E-state index in [1.54, 1.807) is 30.3 Å². The van der Waals surface area contributed by atoms with E-state index in [-0.39, 0.29) is 12.5 Å². The molecule has 0 aromatic heterocycles. The Morgan fingerprint density at radius 1 is 1.21 bits per heavy atom. The van der Waals surface area contributed by atoms with Crippen molar-refractivity contribution in [2.75, 3.05) is 5.32 Å². The summed E-state index contributed by atoms with van der Waals surface area (Å²) in [6.45, 7) is 1.97. The Morgan fingerprint density at radius 3 is 2.47 bits per heavy atom. The molecule has 0 aliphatic carbocycles. The van der Waals surface area contributed by atoms with Crippen molar-refractivity contribution in [2.45, 2.75) is 13.5 Å². The molecule has 0 spiro atoms. The quantitative estimate of drug-likeness (QED) is 0.909. The SMILES string of the molecule is Cc1ccc(C(=O)Nc2ccc(CO)cc2)c(Br)c1. The predicted octanol–water partition coefficient (Wildman–Crippen LogP) is 3.50. The minimum absolute atomic E-state index is 0.00225. The molecule has 0 fully saturated rings. The lowest BCUT2D eigenvalue weighted by Gasteiger charge is -2.08. The maximum atomic E-state index is 12.1. The lowest BCUT2D eigenvalue weighted by atomic mass is 10.1. The number of aliphatic hydroxyl groups is 1. The van der Waals surface area contributed by atoms with Crippen molar-refractivity contribution >= 4 is 27.5 Å². The van der Waals surface area contributed by atoms with Crippen LogP contribution >= 0.6 is 15.9 Å². The Morgan fingerprint density at radius 2 is 1.89 bits per heavy atom. The zero-order chi connectivity index (χ0) is 13.8. The van der Waals surface area contributed by atoms with Gasteiger partial charge >= 0.3 is 0 Å². The lowest BCUT2D eigenvalue weighted by molar-refractivity contribution is 0.102. The topological polar surface area (TPSA) is 49.3 Å². The van der Waals surface area contributed by atoms with E-state index in [4.69, 9.17) is 5.11 Å². The van der Waals surface area contributed by atoms with Crippen molar-refractivity contribution in [2.24, 2.45) is 0 Å². The van der Waals surface area contributed by atoms with Crippen molar-refractivity contribution in [3.63, 3.8) is 0 Å². The largest absolute Gasteiger partial charge is 0.392 e. The van der Waals surface area contributed by atoms with Gasteiger partial charge in [-0.2, -0.15) is 0 Å². The van der Waals surface area contributed by atoms with Gasteiger partial charge in [-0.15, -0.1) is 0 Å². The highest BCUT2D eigenvalue weighted by Gasteiger charge is 2.10. The van der Waals surface area contributed by atoms with Crippen molar-refractivity contribution in [3.05, 3.63) is 63.6 Å². The van der Waals surface area contributed by atoms with Crippen LogP contribution in [-0.4, -0.2) is 11.0 Å². The maximum Gasteiger partial charge on any atom is 0.256 e. The number of halogens is 1. The third-order valence-electron chi connectivity index (χ3n) is 2.76. The maximum absolute atomic E-state index is 12.1. The van der Waals surface area contributed by atoms with E-state index in [0.717, 1.165) is 15.6 Å². The first-order valence-corrected chi connectivity index (χ1v) is 6.67. The van der Waals surface area contributed by atoms with Gasteiger partial charge in [0.15, 0.2) is 0 Å². The Kier molecular flexibility index (Phi) is 4.35. The summed E-state index contributed by atoms with van der Waals surface area (Å²) in [4.78, 5) is 12.1. The minimum Gasteiger partial charge on any atom is -0.392 e. The van der Waals surface area contributed by atoms with Crippen molar-refractivity contribution in [1.29, 1.82) is 0 Å². The summed E-state index contributed by atoms with van der Waals surface area (Å²) in [7, 11) is 0. The average Bonchev–Trinajstić information content (AvgIpc) is 2.39. The summed E-state index contributed by atoms with van der Waals surface area (Å²) < 4.78 is 0.775. The zero-order valence-corrected chi connectivity index (χ0v) is 12.1. The number of rotatable bonds is 3. The van der Waals surface area contributed by atoms with E-state index in [2.05, 4.69) is 21.2 Å². The molecule has 4 heteroatoms. The average molecular weight is 320 g/mol. The minimum atomic E-state index is -0.163. The van der Waals surface area contributed by atoms with Crippen LogP contribution in [0.4, 0.5) is 5.69 Å². The first-order valence-electron chi connectivity index (χ1n) is 5.87. The second-order valence-corrected chi connectivity index (χ2v) is 5.15. The van der Waals surface area contributed by atoms with E-state index in [1.165, 1.54) is 0 Å². The van der Waals surface area contributed by atoms with Gasteiger partial charge in [0.05, 0.1) is 12.2 Å². The molecule has 0 heterocycles. The smallest absolute Gasteiger partial charge is 0.256 e. The fourth-order valence-corrected chi connectivity index (χ4v) is 2.37. The van der Waals surface area contributed by atoms with Gasteiger partial charge in [0, 0.05) is 10.2 Å². The lowest BCUT2D eigenvalue weighted by Crippen LogP contribution is -2.12. The summed E-state index contributed by atoms with van der Waals surface area (Å²) in [6, 6.07) is 12.7. The van der Waals surface area contributed by atoms with Crippen LogP contribution in [-0.2, 0) is 6.61 Å². The highest BCUT2D eigenvalue weighted by Crippen LogP contribution is 2.20. The number of anilines is 1. The molecule has 2 aromatic rings. The third-order valence-corrected chi connectivity index (χ3v) is 3.42. The summed E-state index contributed by atoms with van der Waals surface area (Å²) in [5.74, 6) is -0.163. The predicted molar refractivity (Wildman–Crippen MR) is 79.2 cm³/mol. The van der Waals surface area contributed by atoms with E-state index in [9.17, 15) is 4.79 Å². The number of aryl methyl sites for hydroxylation is 1. The number of hydrogen-bond acceptors (Lipinski definition) is 2. The van der Waals surface area contributed by atoms with Crippen LogP contribution in [0.2, 0.25) is 0 Å². The number of hydrogen-bond donors (Lipinski definition) is 2. The van der Waals surface area contributed by atoms with Crippen molar-refractivity contribution < 1.29 is 9.90 Å². The molecule has 0 saturated carbocycles. The Balaban J connectivity index is 2.15. The van der Waals surface area contributed by atoms with Gasteiger partial charge in [-0.3, -0.25) is 4.79 Å². The van der Waals surface area contributed by atoms with Gasteiger partial charge in [-0.05, 0) is 58.2 Å². The van der Waals surface area contributed by atoms with Gasteiger partial charge in [0.2, 0.25) is 0 Å². The fourth-order valence-electron chi connectivity index (χ4n) is 1.70. The van der Waals surface area contributed by atoms with Gasteiger partial charge < -0.3 is 10.4 Å². The highest BCUT2D eigenvalue weighted by atomic mass is 79.9.